The van der Waals surface area contributed by atoms with Crippen LogP contribution in [0.2, 0.25) is 0 Å². The number of hydrogen-bond acceptors (Lipinski definition) is 1. The van der Waals surface area contributed by atoms with E-state index in [1.807, 2.05) is 6.92 Å². The maximum atomic E-state index is 9.75. The molecule has 0 spiro atoms. The zero-order valence-corrected chi connectivity index (χ0v) is 6.54. The van der Waals surface area contributed by atoms with E-state index in [4.69, 9.17) is 5.11 Å². The van der Waals surface area contributed by atoms with E-state index in [9.17, 15) is 4.79 Å². The van der Waals surface area contributed by atoms with Crippen LogP contribution in [0.25, 0.3) is 0 Å². The van der Waals surface area contributed by atoms with Crippen molar-refractivity contribution < 1.29 is 30.3 Å². The van der Waals surface area contributed by atoms with Gasteiger partial charge in [0.1, 0.15) is 0 Å². The fraction of sp³-hybridized carbons (Fsp3) is 0.167. The summed E-state index contributed by atoms with van der Waals surface area (Å²) in [6.07, 6.45) is 5.98. The number of carboxylic acids is 1. The van der Waals surface area contributed by atoms with Crippen LogP contribution in [0.5, 0.6) is 0 Å². The van der Waals surface area contributed by atoms with E-state index in [1.165, 1.54) is 6.08 Å². The zero-order valence-electron chi connectivity index (χ0n) is 4.98. The molecule has 0 aliphatic heterocycles. The summed E-state index contributed by atoms with van der Waals surface area (Å²) in [7, 11) is 0. The molecule has 2 nitrogen and oxygen atoms in total. The van der Waals surface area contributed by atoms with Gasteiger partial charge in [0.25, 0.3) is 0 Å². The molecule has 0 bridgehead atoms. The first-order chi connectivity index (χ1) is 3.77. The smallest absolute Gasteiger partial charge is 0.328 e. The van der Waals surface area contributed by atoms with Crippen LogP contribution >= 0.6 is 0 Å². The van der Waals surface area contributed by atoms with E-state index in [0.29, 0.717) is 0 Å². The van der Waals surface area contributed by atoms with Gasteiger partial charge in [-0.05, 0) is 6.92 Å². The Labute approximate surface area is 67.9 Å². The SMILES string of the molecule is CC=CC=CC(=O)O.[Pd]. The molecule has 1 N–H and O–H groups in total. The Morgan fingerprint density at radius 2 is 2.00 bits per heavy atom. The molecule has 0 radical (unpaired) electrons. The zero-order chi connectivity index (χ0) is 6.41. The molecular formula is C6H8O2Pd. The number of carboxylic acid groups (broad SMARTS) is 1. The van der Waals surface area contributed by atoms with Gasteiger partial charge in [0.15, 0.2) is 0 Å². The van der Waals surface area contributed by atoms with Gasteiger partial charge in [-0.2, -0.15) is 0 Å². The van der Waals surface area contributed by atoms with Gasteiger partial charge in [0, 0.05) is 26.5 Å². The minimum absolute atomic E-state index is 0. The quantitative estimate of drug-likeness (QED) is 0.430. The van der Waals surface area contributed by atoms with E-state index in [1.54, 1.807) is 12.2 Å². The van der Waals surface area contributed by atoms with Crippen molar-refractivity contribution in [2.24, 2.45) is 0 Å². The summed E-state index contributed by atoms with van der Waals surface area (Å²) in [5.41, 5.74) is 0. The van der Waals surface area contributed by atoms with Crippen LogP contribution in [0.1, 0.15) is 6.92 Å². The third-order valence-corrected chi connectivity index (χ3v) is 0.542. The monoisotopic (exact) mass is 218 g/mol. The fourth-order valence-electron chi connectivity index (χ4n) is 0.249. The second-order valence-electron chi connectivity index (χ2n) is 1.22. The van der Waals surface area contributed by atoms with E-state index >= 15 is 0 Å². The summed E-state index contributed by atoms with van der Waals surface area (Å²) in [6.45, 7) is 1.83. The molecule has 9 heavy (non-hydrogen) atoms. The second kappa shape index (κ2) is 7.61. The molecule has 0 heterocycles. The molecular weight excluding hydrogens is 210 g/mol. The van der Waals surface area contributed by atoms with Gasteiger partial charge >= 0.3 is 5.97 Å². The van der Waals surface area contributed by atoms with Crippen molar-refractivity contribution >= 4 is 5.97 Å². The van der Waals surface area contributed by atoms with Crippen molar-refractivity contribution in [3.63, 3.8) is 0 Å². The van der Waals surface area contributed by atoms with Crippen molar-refractivity contribution in [2.45, 2.75) is 6.92 Å². The van der Waals surface area contributed by atoms with Crippen molar-refractivity contribution in [1.82, 2.24) is 0 Å². The molecule has 0 saturated carbocycles. The summed E-state index contributed by atoms with van der Waals surface area (Å²) >= 11 is 0. The number of carbonyl (C=O) groups is 1. The van der Waals surface area contributed by atoms with Crippen LogP contribution in [0.4, 0.5) is 0 Å². The molecule has 0 aromatic carbocycles. The molecule has 0 aromatic heterocycles. The molecule has 0 aliphatic rings. The van der Waals surface area contributed by atoms with Gasteiger partial charge in [0.05, 0.1) is 0 Å². The first-order valence-corrected chi connectivity index (χ1v) is 2.29. The standard InChI is InChI=1S/C6H8O2.Pd/c1-2-3-4-5-6(7)8;/h2-5H,1H3,(H,7,8);. The van der Waals surface area contributed by atoms with Gasteiger partial charge < -0.3 is 5.11 Å². The summed E-state index contributed by atoms with van der Waals surface area (Å²) in [6, 6.07) is 0. The van der Waals surface area contributed by atoms with Gasteiger partial charge in [-0.1, -0.05) is 18.2 Å². The maximum absolute atomic E-state index is 9.75. The van der Waals surface area contributed by atoms with Crippen LogP contribution in [-0.2, 0) is 25.2 Å². The van der Waals surface area contributed by atoms with E-state index in [-0.39, 0.29) is 20.4 Å². The molecule has 54 valence electrons. The number of allylic oxidation sites excluding steroid dienone is 3. The van der Waals surface area contributed by atoms with Gasteiger partial charge in [-0.25, -0.2) is 4.79 Å². The Morgan fingerprint density at radius 3 is 2.33 bits per heavy atom. The number of aliphatic carboxylic acids is 1. The van der Waals surface area contributed by atoms with Crippen LogP contribution < -0.4 is 0 Å². The van der Waals surface area contributed by atoms with Crippen molar-refractivity contribution in [1.29, 1.82) is 0 Å². The minimum atomic E-state index is -0.914. The van der Waals surface area contributed by atoms with E-state index in [2.05, 4.69) is 0 Å². The summed E-state index contributed by atoms with van der Waals surface area (Å²) in [4.78, 5) is 9.75. The largest absolute Gasteiger partial charge is 0.478 e. The predicted molar refractivity (Wildman–Crippen MR) is 31.6 cm³/mol. The van der Waals surface area contributed by atoms with Crippen LogP contribution in [-0.4, -0.2) is 11.1 Å². The molecule has 0 rings (SSSR count). The Kier molecular flexibility index (Phi) is 9.65. The van der Waals surface area contributed by atoms with Gasteiger partial charge in [0.2, 0.25) is 0 Å². The molecule has 0 aliphatic carbocycles. The normalized spacial score (nSPS) is 9.89. The molecule has 0 saturated heterocycles. The summed E-state index contributed by atoms with van der Waals surface area (Å²) in [5, 5.41) is 8.02. The second-order valence-corrected chi connectivity index (χ2v) is 1.22. The molecule has 0 unspecified atom stereocenters. The third-order valence-electron chi connectivity index (χ3n) is 0.542. The summed E-state index contributed by atoms with van der Waals surface area (Å²) in [5.74, 6) is -0.914. The van der Waals surface area contributed by atoms with Crippen molar-refractivity contribution in [3.05, 3.63) is 24.3 Å². The average molecular weight is 219 g/mol. The molecule has 3 heteroatoms. The van der Waals surface area contributed by atoms with Crippen LogP contribution in [0.3, 0.4) is 0 Å². The predicted octanol–water partition coefficient (Wildman–Crippen LogP) is 1.20. The summed E-state index contributed by atoms with van der Waals surface area (Å²) < 4.78 is 0. The van der Waals surface area contributed by atoms with Crippen molar-refractivity contribution in [3.8, 4) is 0 Å². The van der Waals surface area contributed by atoms with Crippen LogP contribution in [0.15, 0.2) is 24.3 Å². The van der Waals surface area contributed by atoms with Gasteiger partial charge in [-0.15, -0.1) is 0 Å². The maximum Gasteiger partial charge on any atom is 0.328 e. The Morgan fingerprint density at radius 1 is 1.44 bits per heavy atom. The Balaban J connectivity index is 0. The molecule has 0 atom stereocenters. The van der Waals surface area contributed by atoms with Crippen molar-refractivity contribution in [2.75, 3.05) is 0 Å². The molecule has 0 aromatic rings. The van der Waals surface area contributed by atoms with E-state index in [0.717, 1.165) is 6.08 Å². The number of hydrogen-bond donors (Lipinski definition) is 1. The topological polar surface area (TPSA) is 37.3 Å². The third kappa shape index (κ3) is 11.3. The van der Waals surface area contributed by atoms with Gasteiger partial charge in [-0.3, -0.25) is 0 Å². The average Bonchev–Trinajstić information content (AvgIpc) is 1.66. The van der Waals surface area contributed by atoms with Crippen LogP contribution in [0, 0.1) is 0 Å². The molecule has 0 amide bonds. The number of rotatable bonds is 2. The first kappa shape index (κ1) is 11.4. The fourth-order valence-corrected chi connectivity index (χ4v) is 0.249. The Bertz CT molecular complexity index is 127. The minimum Gasteiger partial charge on any atom is -0.478 e. The Hall–Kier alpha value is -0.388. The first-order valence-electron chi connectivity index (χ1n) is 2.29. The van der Waals surface area contributed by atoms with E-state index < -0.39 is 5.97 Å². The molecule has 0 fully saturated rings.